The number of rotatable bonds is 8. The van der Waals surface area contributed by atoms with E-state index < -0.39 is 0 Å². The van der Waals surface area contributed by atoms with E-state index in [-0.39, 0.29) is 0 Å². The van der Waals surface area contributed by atoms with Gasteiger partial charge in [0.15, 0.2) is 0 Å². The maximum Gasteiger partial charge on any atom is 0.145 e. The van der Waals surface area contributed by atoms with E-state index in [1.165, 1.54) is 49.7 Å². The highest BCUT2D eigenvalue weighted by atomic mass is 16.5. The van der Waals surface area contributed by atoms with Crippen molar-refractivity contribution in [1.29, 1.82) is 0 Å². The van der Waals surface area contributed by atoms with Gasteiger partial charge in [-0.15, -0.1) is 0 Å². The molecule has 10 aromatic rings. The number of fused-ring (bicyclic) bond motifs is 12. The Bertz CT molecular complexity index is 3220. The van der Waals surface area contributed by atoms with Gasteiger partial charge >= 0.3 is 0 Å². The molecule has 0 spiro atoms. The molecular weight excluding hydrogens is 721 g/mol. The highest BCUT2D eigenvalue weighted by Gasteiger charge is 2.22. The van der Waals surface area contributed by atoms with Gasteiger partial charge in [0.2, 0.25) is 0 Å². The first-order valence-corrected chi connectivity index (χ1v) is 21.2. The van der Waals surface area contributed by atoms with Crippen LogP contribution in [0.2, 0.25) is 0 Å². The molecule has 5 nitrogen and oxygen atoms in total. The van der Waals surface area contributed by atoms with Crippen LogP contribution in [0.5, 0.6) is 11.5 Å². The fraction of sp³-hybridized carbons (Fsp3) is 0.222. The second kappa shape index (κ2) is 14.1. The van der Waals surface area contributed by atoms with Crippen LogP contribution in [-0.4, -0.2) is 18.8 Å². The molecule has 10 rings (SSSR count). The lowest BCUT2D eigenvalue weighted by molar-refractivity contribution is 0.484. The Morgan fingerprint density at radius 3 is 1.61 bits per heavy atom. The van der Waals surface area contributed by atoms with Crippen molar-refractivity contribution in [2.75, 3.05) is 0 Å². The summed E-state index contributed by atoms with van der Waals surface area (Å²) in [7, 11) is 0. The lowest BCUT2D eigenvalue weighted by atomic mass is 9.84. The Balaban J connectivity index is 1.10. The minimum Gasteiger partial charge on any atom is -0.457 e. The van der Waals surface area contributed by atoms with Crippen LogP contribution >= 0.6 is 0 Å². The molecule has 0 unspecified atom stereocenters. The first-order chi connectivity index (χ1) is 28.6. The minimum atomic E-state index is 0.367. The van der Waals surface area contributed by atoms with Crippen LogP contribution in [0.1, 0.15) is 101 Å². The van der Waals surface area contributed by atoms with Gasteiger partial charge in [0.1, 0.15) is 22.8 Å². The van der Waals surface area contributed by atoms with E-state index in [1.54, 1.807) is 0 Å². The zero-order valence-corrected chi connectivity index (χ0v) is 35.2. The third-order valence-electron chi connectivity index (χ3n) is 12.4. The van der Waals surface area contributed by atoms with Crippen molar-refractivity contribution in [2.45, 2.75) is 79.1 Å². The topological polar surface area (TPSA) is 43.8 Å². The Kier molecular flexibility index (Phi) is 8.82. The van der Waals surface area contributed by atoms with Crippen molar-refractivity contribution in [3.05, 3.63) is 156 Å². The number of hydrogen-bond donors (Lipinski definition) is 0. The van der Waals surface area contributed by atoms with Gasteiger partial charge < -0.3 is 4.74 Å². The molecule has 0 aliphatic rings. The van der Waals surface area contributed by atoms with Gasteiger partial charge in [-0.25, -0.2) is 9.97 Å². The zero-order valence-electron chi connectivity index (χ0n) is 35.2. The number of ether oxygens (including phenoxy) is 1. The summed E-state index contributed by atoms with van der Waals surface area (Å²) >= 11 is 0. The third-order valence-corrected chi connectivity index (χ3v) is 12.4. The number of para-hydroxylation sites is 1. The summed E-state index contributed by atoms with van der Waals surface area (Å²) in [5, 5.41) is 6.78. The summed E-state index contributed by atoms with van der Waals surface area (Å²) in [5.41, 5.74) is 14.6. The molecule has 0 radical (unpaired) electrons. The molecule has 0 aliphatic heterocycles. The minimum absolute atomic E-state index is 0.367. The first-order valence-electron chi connectivity index (χ1n) is 21.2. The fourth-order valence-corrected chi connectivity index (χ4v) is 9.55. The summed E-state index contributed by atoms with van der Waals surface area (Å²) in [6, 6.07) is 42.0. The first kappa shape index (κ1) is 36.9. The van der Waals surface area contributed by atoms with Crippen LogP contribution in [0, 0.1) is 0 Å². The highest BCUT2D eigenvalue weighted by molar-refractivity contribution is 6.14. The number of hydrogen-bond acceptors (Lipinski definition) is 3. The van der Waals surface area contributed by atoms with Crippen LogP contribution in [0.15, 0.2) is 134 Å². The van der Waals surface area contributed by atoms with Crippen molar-refractivity contribution < 1.29 is 4.74 Å². The normalized spacial score (nSPS) is 12.3. The second-order valence-electron chi connectivity index (χ2n) is 17.4. The fourth-order valence-electron chi connectivity index (χ4n) is 9.55. The van der Waals surface area contributed by atoms with Gasteiger partial charge in [0.05, 0.1) is 22.9 Å². The largest absolute Gasteiger partial charge is 0.457 e. The third kappa shape index (κ3) is 5.89. The van der Waals surface area contributed by atoms with Gasteiger partial charge in [-0.3, -0.25) is 8.80 Å². The summed E-state index contributed by atoms with van der Waals surface area (Å²) in [4.78, 5) is 10.1. The molecule has 0 atom stereocenters. The van der Waals surface area contributed by atoms with Crippen molar-refractivity contribution in [1.82, 2.24) is 18.8 Å². The molecule has 292 valence electrons. The smallest absolute Gasteiger partial charge is 0.145 e. The predicted molar refractivity (Wildman–Crippen MR) is 248 cm³/mol. The second-order valence-corrected chi connectivity index (χ2v) is 17.4. The van der Waals surface area contributed by atoms with Crippen molar-refractivity contribution in [3.63, 3.8) is 0 Å². The average molecular weight is 771 g/mol. The van der Waals surface area contributed by atoms with Gasteiger partial charge in [-0.2, -0.15) is 0 Å². The Morgan fingerprint density at radius 2 is 1.00 bits per heavy atom. The number of pyridine rings is 2. The van der Waals surface area contributed by atoms with Crippen LogP contribution in [0.3, 0.4) is 0 Å². The van der Waals surface area contributed by atoms with Gasteiger partial charge in [0.25, 0.3) is 0 Å². The molecular formula is C54H50N4O. The number of aromatic nitrogens is 4. The van der Waals surface area contributed by atoms with E-state index in [0.29, 0.717) is 23.7 Å². The SMILES string of the molecule is CC(C)c1cccc(C(C)C)c1-c1ccc2c3ccc(Oc4ccc5c6ccccc6n6c(-c7c(C(C)C)cccc7C(C)C)cnc6c5c4)cc3c3nccn3c2c1. The van der Waals surface area contributed by atoms with Crippen LogP contribution < -0.4 is 4.74 Å². The molecule has 0 bridgehead atoms. The Morgan fingerprint density at radius 1 is 0.458 bits per heavy atom. The molecule has 4 heterocycles. The maximum atomic E-state index is 6.76. The molecule has 59 heavy (non-hydrogen) atoms. The number of benzene rings is 6. The predicted octanol–water partition coefficient (Wildman–Crippen LogP) is 15.2. The Labute approximate surface area is 345 Å². The molecule has 4 aromatic heterocycles. The van der Waals surface area contributed by atoms with Crippen LogP contribution in [0.4, 0.5) is 0 Å². The monoisotopic (exact) mass is 770 g/mol. The molecule has 0 amide bonds. The van der Waals surface area contributed by atoms with E-state index in [9.17, 15) is 0 Å². The van der Waals surface area contributed by atoms with Crippen LogP contribution in [0.25, 0.3) is 77.0 Å². The van der Waals surface area contributed by atoms with Crippen LogP contribution in [-0.2, 0) is 0 Å². The van der Waals surface area contributed by atoms with E-state index in [4.69, 9.17) is 14.7 Å². The standard InChI is InChI=1S/C54H50N4O/c1-31(2)38-14-11-15-39(32(3)4)51(38)35-19-22-45-43-24-21-36(28-46(43)53-55-25-26-57(53)49(45)27-35)59-37-20-23-42-44-13-9-10-18-48(44)58-50(30-56-54(58)47(42)29-37)52-40(33(5)6)16-12-17-41(52)34(7)8/h9-34H,1-8H3. The number of nitrogens with zero attached hydrogens (tertiary/aromatic N) is 4. The molecule has 5 heteroatoms. The molecule has 6 aromatic carbocycles. The molecule has 0 saturated carbocycles. The van der Waals surface area contributed by atoms with Gasteiger partial charge in [-0.1, -0.05) is 122 Å². The zero-order chi connectivity index (χ0) is 40.7. The maximum absolute atomic E-state index is 6.76. The quantitative estimate of drug-likeness (QED) is 0.145. The van der Waals surface area contributed by atoms with Gasteiger partial charge in [-0.05, 0) is 116 Å². The highest BCUT2D eigenvalue weighted by Crippen LogP contribution is 2.42. The van der Waals surface area contributed by atoms with E-state index in [0.717, 1.165) is 61.1 Å². The molecule has 0 saturated heterocycles. The van der Waals surface area contributed by atoms with E-state index >= 15 is 0 Å². The summed E-state index contributed by atoms with van der Waals surface area (Å²) in [6.45, 7) is 18.3. The number of imidazole rings is 2. The van der Waals surface area contributed by atoms with Crippen molar-refractivity contribution >= 4 is 54.6 Å². The summed E-state index contributed by atoms with van der Waals surface area (Å²) in [6.07, 6.45) is 6.05. The lowest BCUT2D eigenvalue weighted by Crippen LogP contribution is -2.02. The Hall–Kier alpha value is -6.46. The molecule has 0 N–H and O–H groups in total. The van der Waals surface area contributed by atoms with Gasteiger partial charge in [0, 0.05) is 39.5 Å². The van der Waals surface area contributed by atoms with E-state index in [1.807, 2.05) is 6.20 Å². The molecule has 0 aliphatic carbocycles. The van der Waals surface area contributed by atoms with E-state index in [2.05, 4.69) is 192 Å². The lowest BCUT2D eigenvalue weighted by Gasteiger charge is -2.21. The van der Waals surface area contributed by atoms with Crippen molar-refractivity contribution in [3.8, 4) is 33.9 Å². The molecule has 0 fully saturated rings. The summed E-state index contributed by atoms with van der Waals surface area (Å²) in [5.74, 6) is 3.09. The summed E-state index contributed by atoms with van der Waals surface area (Å²) < 4.78 is 11.4. The average Bonchev–Trinajstić information content (AvgIpc) is 3.92. The van der Waals surface area contributed by atoms with Crippen molar-refractivity contribution in [2.24, 2.45) is 0 Å².